The van der Waals surface area contributed by atoms with Crippen LogP contribution in [0.25, 0.3) is 20.0 Å². The normalized spacial score (nSPS) is 11.1. The summed E-state index contributed by atoms with van der Waals surface area (Å²) in [6, 6.07) is 11.4. The van der Waals surface area contributed by atoms with E-state index in [0.717, 1.165) is 34.8 Å². The van der Waals surface area contributed by atoms with Crippen LogP contribution in [0.2, 0.25) is 0 Å². The molecular formula is C19H18N4OS2. The molecule has 26 heavy (non-hydrogen) atoms. The minimum Gasteiger partial charge on any atom is -0.508 e. The smallest absolute Gasteiger partial charge is 0.151 e. The van der Waals surface area contributed by atoms with Crippen LogP contribution in [0.15, 0.2) is 48.1 Å². The molecule has 4 rings (SSSR count). The van der Waals surface area contributed by atoms with Gasteiger partial charge in [0.2, 0.25) is 0 Å². The number of aromatic nitrogens is 2. The van der Waals surface area contributed by atoms with E-state index in [1.807, 2.05) is 6.07 Å². The van der Waals surface area contributed by atoms with E-state index in [1.54, 1.807) is 47.2 Å². The summed E-state index contributed by atoms with van der Waals surface area (Å²) in [7, 11) is 0. The molecular weight excluding hydrogens is 364 g/mol. The number of hydrogen-bond donors (Lipinski definition) is 3. The molecule has 0 bridgehead atoms. The second-order valence-electron chi connectivity index (χ2n) is 5.82. The van der Waals surface area contributed by atoms with E-state index >= 15 is 0 Å². The number of hydrogen-bond acceptors (Lipinski definition) is 7. The Morgan fingerprint density at radius 1 is 1.12 bits per heavy atom. The van der Waals surface area contributed by atoms with Gasteiger partial charge in [-0.25, -0.2) is 9.97 Å². The highest BCUT2D eigenvalue weighted by atomic mass is 32.1. The van der Waals surface area contributed by atoms with Crippen molar-refractivity contribution in [1.82, 2.24) is 15.3 Å². The molecule has 0 radical (unpaired) electrons. The van der Waals surface area contributed by atoms with Gasteiger partial charge >= 0.3 is 0 Å². The number of benzene rings is 1. The molecule has 0 spiro atoms. The van der Waals surface area contributed by atoms with Gasteiger partial charge in [0.25, 0.3) is 0 Å². The zero-order valence-corrected chi connectivity index (χ0v) is 15.8. The van der Waals surface area contributed by atoms with Crippen molar-refractivity contribution in [3.63, 3.8) is 0 Å². The van der Waals surface area contributed by atoms with Crippen molar-refractivity contribution < 1.29 is 5.11 Å². The fourth-order valence-electron chi connectivity index (χ4n) is 2.65. The molecule has 0 fully saturated rings. The number of nitrogens with zero attached hydrogens (tertiary/aromatic N) is 2. The SMILES string of the molecule is CCNCc1csc(-c2cc3ncnc(Nc4cccc(O)c4)c3s2)c1. The van der Waals surface area contributed by atoms with Gasteiger partial charge in [-0.3, -0.25) is 0 Å². The molecule has 0 aliphatic heterocycles. The predicted molar refractivity (Wildman–Crippen MR) is 109 cm³/mol. The highest BCUT2D eigenvalue weighted by Crippen LogP contribution is 2.39. The fraction of sp³-hybridized carbons (Fsp3) is 0.158. The van der Waals surface area contributed by atoms with Gasteiger partial charge in [-0.2, -0.15) is 0 Å². The third kappa shape index (κ3) is 3.55. The number of fused-ring (bicyclic) bond motifs is 1. The first-order valence-corrected chi connectivity index (χ1v) is 10.0. The third-order valence-electron chi connectivity index (χ3n) is 3.90. The van der Waals surface area contributed by atoms with E-state index in [2.05, 4.69) is 45.0 Å². The van der Waals surface area contributed by atoms with E-state index in [-0.39, 0.29) is 5.75 Å². The Labute approximate surface area is 159 Å². The highest BCUT2D eigenvalue weighted by molar-refractivity contribution is 7.26. The summed E-state index contributed by atoms with van der Waals surface area (Å²) in [6.07, 6.45) is 1.56. The van der Waals surface area contributed by atoms with Crippen LogP contribution in [0.4, 0.5) is 11.5 Å². The van der Waals surface area contributed by atoms with Crippen molar-refractivity contribution in [3.05, 3.63) is 53.7 Å². The lowest BCUT2D eigenvalue weighted by Crippen LogP contribution is -2.10. The van der Waals surface area contributed by atoms with Crippen LogP contribution < -0.4 is 10.6 Å². The Morgan fingerprint density at radius 2 is 2.04 bits per heavy atom. The maximum absolute atomic E-state index is 9.65. The lowest BCUT2D eigenvalue weighted by atomic mass is 10.2. The summed E-state index contributed by atoms with van der Waals surface area (Å²) < 4.78 is 1.01. The Morgan fingerprint density at radius 3 is 2.88 bits per heavy atom. The zero-order valence-electron chi connectivity index (χ0n) is 14.2. The van der Waals surface area contributed by atoms with Gasteiger partial charge in [-0.1, -0.05) is 13.0 Å². The van der Waals surface area contributed by atoms with E-state index < -0.39 is 0 Å². The predicted octanol–water partition coefficient (Wildman–Crippen LogP) is 4.98. The molecule has 0 amide bonds. The molecule has 3 aromatic heterocycles. The second-order valence-corrected chi connectivity index (χ2v) is 7.79. The number of nitrogens with one attached hydrogen (secondary N) is 2. The zero-order chi connectivity index (χ0) is 17.9. The van der Waals surface area contributed by atoms with Gasteiger partial charge in [0.15, 0.2) is 5.82 Å². The average Bonchev–Trinajstić information content (AvgIpc) is 3.27. The van der Waals surface area contributed by atoms with Crippen LogP contribution in [0.5, 0.6) is 5.75 Å². The van der Waals surface area contributed by atoms with Gasteiger partial charge in [-0.15, -0.1) is 22.7 Å². The van der Waals surface area contributed by atoms with Crippen LogP contribution in [-0.2, 0) is 6.54 Å². The molecule has 0 unspecified atom stereocenters. The Kier molecular flexibility index (Phi) is 4.83. The molecule has 0 atom stereocenters. The molecule has 0 saturated carbocycles. The number of phenolic OH excluding ortho intramolecular Hbond substituents is 1. The van der Waals surface area contributed by atoms with Gasteiger partial charge in [-0.05, 0) is 41.8 Å². The molecule has 3 N–H and O–H groups in total. The first kappa shape index (κ1) is 17.0. The minimum atomic E-state index is 0.221. The van der Waals surface area contributed by atoms with Gasteiger partial charge in [0.1, 0.15) is 12.1 Å². The Hall–Kier alpha value is -2.48. The van der Waals surface area contributed by atoms with Gasteiger partial charge in [0, 0.05) is 28.1 Å². The molecule has 3 heterocycles. The number of aromatic hydroxyl groups is 1. The summed E-state index contributed by atoms with van der Waals surface area (Å²) in [6.45, 7) is 3.97. The summed E-state index contributed by atoms with van der Waals surface area (Å²) in [5.41, 5.74) is 3.02. The minimum absolute atomic E-state index is 0.221. The largest absolute Gasteiger partial charge is 0.508 e. The monoisotopic (exact) mass is 382 g/mol. The summed E-state index contributed by atoms with van der Waals surface area (Å²) in [4.78, 5) is 11.2. The van der Waals surface area contributed by atoms with Crippen molar-refractivity contribution in [3.8, 4) is 15.5 Å². The third-order valence-corrected chi connectivity index (χ3v) is 6.20. The maximum atomic E-state index is 9.65. The van der Waals surface area contributed by atoms with E-state index in [1.165, 1.54) is 15.3 Å². The van der Waals surface area contributed by atoms with E-state index in [0.29, 0.717) is 0 Å². The summed E-state index contributed by atoms with van der Waals surface area (Å²) >= 11 is 3.43. The Balaban J connectivity index is 1.66. The second kappa shape index (κ2) is 7.41. The van der Waals surface area contributed by atoms with Crippen LogP contribution >= 0.6 is 22.7 Å². The fourth-order valence-corrected chi connectivity index (χ4v) is 4.71. The average molecular weight is 383 g/mol. The Bertz CT molecular complexity index is 1040. The maximum Gasteiger partial charge on any atom is 0.151 e. The first-order chi connectivity index (χ1) is 12.7. The number of thiophene rings is 2. The molecule has 4 aromatic rings. The van der Waals surface area contributed by atoms with Crippen LogP contribution in [0.3, 0.4) is 0 Å². The molecule has 132 valence electrons. The number of anilines is 2. The van der Waals surface area contributed by atoms with Gasteiger partial charge in [0.05, 0.1) is 10.2 Å². The standard InChI is InChI=1S/C19H18N4OS2/c1-2-20-9-12-6-16(25-10-12)17-8-15-18(26-17)19(22-11-21-15)23-13-4-3-5-14(24)7-13/h3-8,10-11,20,24H,2,9H2,1H3,(H,21,22,23). The molecule has 1 aromatic carbocycles. The lowest BCUT2D eigenvalue weighted by Gasteiger charge is -2.06. The van der Waals surface area contributed by atoms with Crippen molar-refractivity contribution in [2.24, 2.45) is 0 Å². The van der Waals surface area contributed by atoms with Gasteiger partial charge < -0.3 is 15.7 Å². The lowest BCUT2D eigenvalue weighted by molar-refractivity contribution is 0.475. The quantitative estimate of drug-likeness (QED) is 0.439. The summed E-state index contributed by atoms with van der Waals surface area (Å²) in [5.74, 6) is 0.972. The van der Waals surface area contributed by atoms with E-state index in [4.69, 9.17) is 0 Å². The molecule has 5 nitrogen and oxygen atoms in total. The summed E-state index contributed by atoms with van der Waals surface area (Å²) in [5, 5.41) is 18.5. The van der Waals surface area contributed by atoms with E-state index in [9.17, 15) is 5.11 Å². The van der Waals surface area contributed by atoms with Crippen LogP contribution in [0.1, 0.15) is 12.5 Å². The van der Waals surface area contributed by atoms with Crippen molar-refractivity contribution in [2.45, 2.75) is 13.5 Å². The topological polar surface area (TPSA) is 70.1 Å². The number of rotatable bonds is 6. The van der Waals surface area contributed by atoms with Crippen molar-refractivity contribution in [2.75, 3.05) is 11.9 Å². The molecule has 0 aliphatic rings. The molecule has 0 aliphatic carbocycles. The van der Waals surface area contributed by atoms with Crippen molar-refractivity contribution in [1.29, 1.82) is 0 Å². The van der Waals surface area contributed by atoms with Crippen molar-refractivity contribution >= 4 is 44.4 Å². The molecule has 7 heteroatoms. The molecule has 0 saturated heterocycles. The first-order valence-electron chi connectivity index (χ1n) is 8.32. The van der Waals surface area contributed by atoms with Crippen LogP contribution in [0, 0.1) is 0 Å². The number of phenols is 1. The highest BCUT2D eigenvalue weighted by Gasteiger charge is 2.12. The van der Waals surface area contributed by atoms with Crippen LogP contribution in [-0.4, -0.2) is 21.6 Å².